The van der Waals surface area contributed by atoms with Gasteiger partial charge in [0.1, 0.15) is 11.9 Å². The number of esters is 1. The third-order valence-electron chi connectivity index (χ3n) is 3.90. The van der Waals surface area contributed by atoms with E-state index in [9.17, 15) is 17.6 Å². The Balaban J connectivity index is 2.28. The molecule has 6 nitrogen and oxygen atoms in total. The zero-order valence-corrected chi connectivity index (χ0v) is 14.2. The first kappa shape index (κ1) is 18.4. The van der Waals surface area contributed by atoms with Crippen LogP contribution < -0.4 is 0 Å². The predicted molar refractivity (Wildman–Crippen MR) is 84.7 cm³/mol. The number of halogens is 1. The molecule has 1 aliphatic heterocycles. The van der Waals surface area contributed by atoms with Crippen LogP contribution in [0.5, 0.6) is 0 Å². The number of ether oxygens (including phenoxy) is 1. The zero-order valence-electron chi connectivity index (χ0n) is 13.4. The summed E-state index contributed by atoms with van der Waals surface area (Å²) in [5, 5.41) is 9.06. The molecule has 0 aliphatic carbocycles. The summed E-state index contributed by atoms with van der Waals surface area (Å²) < 4.78 is 44.8. The SMILES string of the molecule is CCOC(=O)[C@@H]1CCCCN1S(=O)(=O)Cc1ccc(F)cc1C#N. The third kappa shape index (κ3) is 4.10. The Labute approximate surface area is 140 Å². The highest BCUT2D eigenvalue weighted by Crippen LogP contribution is 2.25. The number of hydrogen-bond donors (Lipinski definition) is 0. The number of rotatable bonds is 5. The second-order valence-corrected chi connectivity index (χ2v) is 7.47. The number of benzene rings is 1. The van der Waals surface area contributed by atoms with Gasteiger partial charge in [-0.25, -0.2) is 12.8 Å². The van der Waals surface area contributed by atoms with Gasteiger partial charge in [0, 0.05) is 6.54 Å². The number of piperidine rings is 1. The van der Waals surface area contributed by atoms with Crippen molar-refractivity contribution in [2.45, 2.75) is 38.0 Å². The van der Waals surface area contributed by atoms with Crippen molar-refractivity contribution in [1.29, 1.82) is 5.26 Å². The van der Waals surface area contributed by atoms with E-state index in [0.717, 1.165) is 22.9 Å². The van der Waals surface area contributed by atoms with Gasteiger partial charge in [-0.1, -0.05) is 6.07 Å². The molecule has 0 bridgehead atoms. The van der Waals surface area contributed by atoms with Crippen LogP contribution in [0.15, 0.2) is 18.2 Å². The Kier molecular flexibility index (Phi) is 5.91. The molecule has 1 saturated heterocycles. The highest BCUT2D eigenvalue weighted by Gasteiger charge is 2.37. The molecule has 1 aromatic rings. The number of carbonyl (C=O) groups is 1. The van der Waals surface area contributed by atoms with E-state index in [2.05, 4.69) is 0 Å². The largest absolute Gasteiger partial charge is 0.465 e. The minimum Gasteiger partial charge on any atom is -0.465 e. The number of carbonyl (C=O) groups excluding carboxylic acids is 1. The highest BCUT2D eigenvalue weighted by molar-refractivity contribution is 7.88. The molecule has 0 amide bonds. The maximum atomic E-state index is 13.2. The van der Waals surface area contributed by atoms with Gasteiger partial charge in [0.2, 0.25) is 10.0 Å². The van der Waals surface area contributed by atoms with E-state index in [1.54, 1.807) is 13.0 Å². The van der Waals surface area contributed by atoms with E-state index in [1.165, 1.54) is 6.07 Å². The Hall–Kier alpha value is -1.98. The standard InChI is InChI=1S/C16H19FN2O4S/c1-2-23-16(20)15-5-3-4-8-19(15)24(21,22)11-12-6-7-14(17)9-13(12)10-18/h6-7,9,15H,2-5,8,11H2,1H3/t15-/m0/s1. The summed E-state index contributed by atoms with van der Waals surface area (Å²) in [5.41, 5.74) is 0.190. The van der Waals surface area contributed by atoms with Gasteiger partial charge in [0.15, 0.2) is 0 Å². The second kappa shape index (κ2) is 7.73. The molecule has 1 aliphatic rings. The molecule has 2 rings (SSSR count). The van der Waals surface area contributed by atoms with Crippen LogP contribution in [0.25, 0.3) is 0 Å². The quantitative estimate of drug-likeness (QED) is 0.754. The molecule has 1 heterocycles. The smallest absolute Gasteiger partial charge is 0.324 e. The van der Waals surface area contributed by atoms with Gasteiger partial charge in [0.25, 0.3) is 0 Å². The van der Waals surface area contributed by atoms with Gasteiger partial charge in [-0.3, -0.25) is 4.79 Å². The number of hydrogen-bond acceptors (Lipinski definition) is 5. The lowest BCUT2D eigenvalue weighted by Crippen LogP contribution is -2.49. The molecule has 0 aromatic heterocycles. The topological polar surface area (TPSA) is 87.5 Å². The van der Waals surface area contributed by atoms with Crippen molar-refractivity contribution >= 4 is 16.0 Å². The lowest BCUT2D eigenvalue weighted by Gasteiger charge is -2.33. The minimum atomic E-state index is -3.84. The summed E-state index contributed by atoms with van der Waals surface area (Å²) in [4.78, 5) is 12.0. The van der Waals surface area contributed by atoms with Gasteiger partial charge in [0.05, 0.1) is 24.0 Å². The maximum Gasteiger partial charge on any atom is 0.324 e. The van der Waals surface area contributed by atoms with E-state index in [-0.39, 0.29) is 24.3 Å². The summed E-state index contributed by atoms with van der Waals surface area (Å²) in [7, 11) is -3.84. The number of nitrogens with zero attached hydrogens (tertiary/aromatic N) is 2. The highest BCUT2D eigenvalue weighted by atomic mass is 32.2. The van der Waals surface area contributed by atoms with Crippen molar-refractivity contribution in [2.75, 3.05) is 13.2 Å². The third-order valence-corrected chi connectivity index (χ3v) is 5.73. The molecule has 130 valence electrons. The summed E-state index contributed by atoms with van der Waals surface area (Å²) >= 11 is 0. The first-order valence-electron chi connectivity index (χ1n) is 7.73. The molecule has 0 unspecified atom stereocenters. The number of sulfonamides is 1. The molecule has 1 atom stereocenters. The monoisotopic (exact) mass is 354 g/mol. The van der Waals surface area contributed by atoms with Crippen LogP contribution >= 0.6 is 0 Å². The zero-order chi connectivity index (χ0) is 17.7. The molecular weight excluding hydrogens is 335 g/mol. The molecule has 1 aromatic carbocycles. The van der Waals surface area contributed by atoms with Crippen molar-refractivity contribution < 1.29 is 22.3 Å². The Morgan fingerprint density at radius 2 is 2.21 bits per heavy atom. The fourth-order valence-electron chi connectivity index (χ4n) is 2.77. The van der Waals surface area contributed by atoms with Crippen LogP contribution in [0.2, 0.25) is 0 Å². The van der Waals surface area contributed by atoms with E-state index >= 15 is 0 Å². The maximum absolute atomic E-state index is 13.2. The normalized spacial score (nSPS) is 18.8. The Morgan fingerprint density at radius 1 is 1.46 bits per heavy atom. The van der Waals surface area contributed by atoms with Gasteiger partial charge >= 0.3 is 5.97 Å². The van der Waals surface area contributed by atoms with Crippen molar-refractivity contribution in [3.63, 3.8) is 0 Å². The molecule has 0 radical (unpaired) electrons. The van der Waals surface area contributed by atoms with Gasteiger partial charge in [-0.2, -0.15) is 9.57 Å². The predicted octanol–water partition coefficient (Wildman–Crippen LogP) is 1.94. The molecule has 24 heavy (non-hydrogen) atoms. The fraction of sp³-hybridized carbons (Fsp3) is 0.500. The lowest BCUT2D eigenvalue weighted by atomic mass is 10.1. The van der Waals surface area contributed by atoms with Crippen molar-refractivity contribution in [3.8, 4) is 6.07 Å². The molecule has 8 heteroatoms. The van der Waals surface area contributed by atoms with E-state index in [4.69, 9.17) is 10.00 Å². The number of nitriles is 1. The van der Waals surface area contributed by atoms with Crippen LogP contribution in [0, 0.1) is 17.1 Å². The van der Waals surface area contributed by atoms with Gasteiger partial charge in [-0.05, 0) is 43.9 Å². The molecule has 1 fully saturated rings. The molecule has 0 spiro atoms. The van der Waals surface area contributed by atoms with Crippen LogP contribution in [0.1, 0.15) is 37.3 Å². The van der Waals surface area contributed by atoms with E-state index in [1.807, 2.05) is 0 Å². The molecule has 0 saturated carbocycles. The molecular formula is C16H19FN2O4S. The van der Waals surface area contributed by atoms with Crippen LogP contribution in [0.3, 0.4) is 0 Å². The van der Waals surface area contributed by atoms with Crippen LogP contribution in [-0.4, -0.2) is 37.9 Å². The lowest BCUT2D eigenvalue weighted by molar-refractivity contribution is -0.148. The van der Waals surface area contributed by atoms with E-state index < -0.39 is 33.6 Å². The van der Waals surface area contributed by atoms with Gasteiger partial charge in [-0.15, -0.1) is 0 Å². The summed E-state index contributed by atoms with van der Waals surface area (Å²) in [6, 6.07) is 4.37. The fourth-order valence-corrected chi connectivity index (χ4v) is 4.57. The van der Waals surface area contributed by atoms with Crippen LogP contribution in [0.4, 0.5) is 4.39 Å². The summed E-state index contributed by atoms with van der Waals surface area (Å²) in [5.74, 6) is -1.61. The van der Waals surface area contributed by atoms with Crippen molar-refractivity contribution in [3.05, 3.63) is 35.1 Å². The average Bonchev–Trinajstić information content (AvgIpc) is 2.56. The molecule has 0 N–H and O–H groups in total. The first-order chi connectivity index (χ1) is 11.4. The van der Waals surface area contributed by atoms with E-state index in [0.29, 0.717) is 12.8 Å². The second-order valence-electron chi connectivity index (χ2n) is 5.54. The first-order valence-corrected chi connectivity index (χ1v) is 9.34. The van der Waals surface area contributed by atoms with Crippen molar-refractivity contribution in [2.24, 2.45) is 0 Å². The van der Waals surface area contributed by atoms with Crippen LogP contribution in [-0.2, 0) is 25.3 Å². The Morgan fingerprint density at radius 3 is 2.88 bits per heavy atom. The average molecular weight is 354 g/mol. The van der Waals surface area contributed by atoms with Crippen molar-refractivity contribution in [1.82, 2.24) is 4.31 Å². The minimum absolute atomic E-state index is 0.0248. The Bertz CT molecular complexity index is 758. The summed E-state index contributed by atoms with van der Waals surface area (Å²) in [6.45, 7) is 2.08. The summed E-state index contributed by atoms with van der Waals surface area (Å²) in [6.07, 6.45) is 1.81. The van der Waals surface area contributed by atoms with Gasteiger partial charge < -0.3 is 4.74 Å².